The number of aryl methyl sites for hydroxylation is 3. The lowest BCUT2D eigenvalue weighted by molar-refractivity contribution is -0.118. The van der Waals surface area contributed by atoms with E-state index in [1.54, 1.807) is 12.1 Å². The molecule has 1 aromatic heterocycles. The fraction of sp³-hybridized carbons (Fsp3) is 0.167. The maximum Gasteiger partial charge on any atom is 0.262 e. The number of carbonyl (C=O) groups is 1. The van der Waals surface area contributed by atoms with Crippen molar-refractivity contribution in [3.05, 3.63) is 71.3 Å². The second-order valence-corrected chi connectivity index (χ2v) is 7.26. The van der Waals surface area contributed by atoms with Crippen LogP contribution in [0.3, 0.4) is 0 Å². The molecule has 0 aliphatic carbocycles. The highest BCUT2D eigenvalue weighted by Gasteiger charge is 2.14. The van der Waals surface area contributed by atoms with E-state index in [1.807, 2.05) is 57.2 Å². The molecule has 4 aromatic rings. The van der Waals surface area contributed by atoms with E-state index in [4.69, 9.17) is 9.15 Å². The molecule has 0 aliphatic rings. The molecule has 0 radical (unpaired) electrons. The molecule has 6 nitrogen and oxygen atoms in total. The molecule has 0 bridgehead atoms. The molecule has 0 aliphatic heterocycles. The van der Waals surface area contributed by atoms with Gasteiger partial charge in [-0.1, -0.05) is 18.2 Å². The molecule has 2 N–H and O–H groups in total. The number of nitrogens with zero attached hydrogens (tertiary/aromatic N) is 1. The van der Waals surface area contributed by atoms with Gasteiger partial charge in [-0.2, -0.15) is 0 Å². The van der Waals surface area contributed by atoms with Gasteiger partial charge in [0.05, 0.1) is 5.56 Å². The summed E-state index contributed by atoms with van der Waals surface area (Å²) in [7, 11) is 0. The first-order valence-electron chi connectivity index (χ1n) is 9.60. The van der Waals surface area contributed by atoms with Crippen LogP contribution in [0, 0.1) is 20.8 Å². The van der Waals surface area contributed by atoms with E-state index in [2.05, 4.69) is 10.3 Å². The Kier molecular flexibility index (Phi) is 5.14. The van der Waals surface area contributed by atoms with Gasteiger partial charge in [-0.3, -0.25) is 4.79 Å². The summed E-state index contributed by atoms with van der Waals surface area (Å²) in [5.74, 6) is 0.631. The Morgan fingerprint density at radius 2 is 1.80 bits per heavy atom. The van der Waals surface area contributed by atoms with Crippen LogP contribution in [0.15, 0.2) is 59.0 Å². The largest absolute Gasteiger partial charge is 0.507 e. The third-order valence-electron chi connectivity index (χ3n) is 4.97. The number of phenols is 1. The number of oxazole rings is 1. The minimum atomic E-state index is -0.321. The monoisotopic (exact) mass is 402 g/mol. The summed E-state index contributed by atoms with van der Waals surface area (Å²) < 4.78 is 11.4. The van der Waals surface area contributed by atoms with E-state index < -0.39 is 0 Å². The van der Waals surface area contributed by atoms with E-state index in [-0.39, 0.29) is 18.3 Å². The highest BCUT2D eigenvalue weighted by atomic mass is 16.5. The van der Waals surface area contributed by atoms with E-state index >= 15 is 0 Å². The van der Waals surface area contributed by atoms with Gasteiger partial charge in [0.1, 0.15) is 17.0 Å². The first-order valence-corrected chi connectivity index (χ1v) is 9.60. The summed E-state index contributed by atoms with van der Waals surface area (Å²) in [5, 5.41) is 13.2. The molecular weight excluding hydrogens is 380 g/mol. The Morgan fingerprint density at radius 1 is 1.03 bits per heavy atom. The lowest BCUT2D eigenvalue weighted by Crippen LogP contribution is -2.20. The Bertz CT molecular complexity index is 1200. The van der Waals surface area contributed by atoms with E-state index in [1.165, 1.54) is 6.07 Å². The fourth-order valence-corrected chi connectivity index (χ4v) is 3.14. The van der Waals surface area contributed by atoms with Gasteiger partial charge >= 0.3 is 0 Å². The zero-order valence-electron chi connectivity index (χ0n) is 17.0. The smallest absolute Gasteiger partial charge is 0.262 e. The number of rotatable bonds is 5. The summed E-state index contributed by atoms with van der Waals surface area (Å²) >= 11 is 0. The van der Waals surface area contributed by atoms with Crippen LogP contribution in [0.5, 0.6) is 11.5 Å². The number of para-hydroxylation sites is 1. The maximum atomic E-state index is 12.2. The minimum Gasteiger partial charge on any atom is -0.507 e. The number of hydrogen-bond acceptors (Lipinski definition) is 5. The van der Waals surface area contributed by atoms with Crippen LogP contribution in [0.2, 0.25) is 0 Å². The van der Waals surface area contributed by atoms with Crippen LogP contribution in [-0.4, -0.2) is 22.6 Å². The van der Waals surface area contributed by atoms with Gasteiger partial charge in [-0.25, -0.2) is 4.98 Å². The molecular formula is C24H22N2O4. The summed E-state index contributed by atoms with van der Waals surface area (Å²) in [6, 6.07) is 16.2. The SMILES string of the molecule is Cc1cc2nc(-c3ccc(NC(=O)COc4ccccc4C)cc3O)oc2cc1C. The molecule has 0 spiro atoms. The van der Waals surface area contributed by atoms with Gasteiger partial charge in [0.2, 0.25) is 5.89 Å². The number of hydrogen-bond donors (Lipinski definition) is 2. The first kappa shape index (κ1) is 19.5. The molecule has 30 heavy (non-hydrogen) atoms. The van der Waals surface area contributed by atoms with Crippen molar-refractivity contribution in [2.45, 2.75) is 20.8 Å². The normalized spacial score (nSPS) is 10.9. The number of anilines is 1. The number of amides is 1. The van der Waals surface area contributed by atoms with Crippen molar-refractivity contribution in [1.82, 2.24) is 4.98 Å². The molecule has 1 heterocycles. The number of aromatic hydroxyl groups is 1. The van der Waals surface area contributed by atoms with Crippen molar-refractivity contribution in [3.63, 3.8) is 0 Å². The predicted octanol–water partition coefficient (Wildman–Crippen LogP) is 5.14. The topological polar surface area (TPSA) is 84.6 Å². The third kappa shape index (κ3) is 3.98. The van der Waals surface area contributed by atoms with Crippen LogP contribution in [0.4, 0.5) is 5.69 Å². The van der Waals surface area contributed by atoms with Gasteiger partial charge in [-0.05, 0) is 67.8 Å². The fourth-order valence-electron chi connectivity index (χ4n) is 3.14. The molecule has 0 atom stereocenters. The van der Waals surface area contributed by atoms with Gasteiger partial charge in [0.15, 0.2) is 12.2 Å². The highest BCUT2D eigenvalue weighted by Crippen LogP contribution is 2.33. The van der Waals surface area contributed by atoms with Crippen molar-refractivity contribution in [3.8, 4) is 23.0 Å². The Hall–Kier alpha value is -3.80. The van der Waals surface area contributed by atoms with Gasteiger partial charge < -0.3 is 19.6 Å². The Balaban J connectivity index is 1.48. The average molecular weight is 402 g/mol. The van der Waals surface area contributed by atoms with E-state index in [9.17, 15) is 9.90 Å². The minimum absolute atomic E-state index is 0.0346. The van der Waals surface area contributed by atoms with Crippen LogP contribution in [-0.2, 0) is 4.79 Å². The molecule has 1 amide bonds. The maximum absolute atomic E-state index is 12.2. The summed E-state index contributed by atoms with van der Waals surface area (Å²) in [5.41, 5.74) is 5.50. The van der Waals surface area contributed by atoms with Crippen LogP contribution < -0.4 is 10.1 Å². The number of carbonyl (C=O) groups excluding carboxylic acids is 1. The van der Waals surface area contributed by atoms with Crippen molar-refractivity contribution in [2.75, 3.05) is 11.9 Å². The van der Waals surface area contributed by atoms with E-state index in [0.29, 0.717) is 28.5 Å². The van der Waals surface area contributed by atoms with Crippen molar-refractivity contribution >= 4 is 22.7 Å². The molecule has 6 heteroatoms. The number of nitrogens with one attached hydrogen (secondary N) is 1. The lowest BCUT2D eigenvalue weighted by Gasteiger charge is -2.10. The van der Waals surface area contributed by atoms with Crippen LogP contribution in [0.1, 0.15) is 16.7 Å². The summed E-state index contributed by atoms with van der Waals surface area (Å²) in [4.78, 5) is 16.7. The second-order valence-electron chi connectivity index (χ2n) is 7.26. The lowest BCUT2D eigenvalue weighted by atomic mass is 10.1. The molecule has 4 rings (SSSR count). The first-order chi connectivity index (χ1) is 14.4. The molecule has 0 fully saturated rings. The molecule has 0 unspecified atom stereocenters. The van der Waals surface area contributed by atoms with Crippen LogP contribution >= 0.6 is 0 Å². The quantitative estimate of drug-likeness (QED) is 0.483. The number of fused-ring (bicyclic) bond motifs is 1. The van der Waals surface area contributed by atoms with Crippen molar-refractivity contribution in [2.24, 2.45) is 0 Å². The highest BCUT2D eigenvalue weighted by molar-refractivity contribution is 5.92. The van der Waals surface area contributed by atoms with E-state index in [0.717, 1.165) is 22.2 Å². The standard InChI is InChI=1S/C24H22N2O4/c1-14-6-4-5-7-21(14)29-13-23(28)25-17-8-9-18(20(27)12-17)24-26-19-10-15(2)16(3)11-22(19)30-24/h4-12,27H,13H2,1-3H3,(H,25,28). The molecule has 3 aromatic carbocycles. The van der Waals surface area contributed by atoms with Crippen LogP contribution in [0.25, 0.3) is 22.6 Å². The number of phenolic OH excluding ortho intramolecular Hbond substituents is 1. The third-order valence-corrected chi connectivity index (χ3v) is 4.97. The second kappa shape index (κ2) is 7.91. The van der Waals surface area contributed by atoms with Gasteiger partial charge in [0, 0.05) is 11.8 Å². The summed E-state index contributed by atoms with van der Waals surface area (Å²) in [6.07, 6.45) is 0. The number of aromatic nitrogens is 1. The average Bonchev–Trinajstić information content (AvgIpc) is 3.10. The predicted molar refractivity (Wildman–Crippen MR) is 116 cm³/mol. The summed E-state index contributed by atoms with van der Waals surface area (Å²) in [6.45, 7) is 5.81. The Morgan fingerprint density at radius 3 is 2.57 bits per heavy atom. The molecule has 0 saturated carbocycles. The molecule has 152 valence electrons. The number of benzene rings is 3. The zero-order chi connectivity index (χ0) is 21.3. The molecule has 0 saturated heterocycles. The van der Waals surface area contributed by atoms with Crippen molar-refractivity contribution < 1.29 is 19.1 Å². The number of ether oxygens (including phenoxy) is 1. The van der Waals surface area contributed by atoms with Crippen molar-refractivity contribution in [1.29, 1.82) is 0 Å². The van der Waals surface area contributed by atoms with Gasteiger partial charge in [-0.15, -0.1) is 0 Å². The Labute approximate surface area is 174 Å². The van der Waals surface area contributed by atoms with Gasteiger partial charge in [0.25, 0.3) is 5.91 Å². The zero-order valence-corrected chi connectivity index (χ0v) is 17.0.